The zero-order valence-electron chi connectivity index (χ0n) is 10.5. The molecule has 1 fully saturated rings. The largest absolute Gasteiger partial charge is 0.384 e. The van der Waals surface area contributed by atoms with Crippen molar-refractivity contribution in [2.75, 3.05) is 26.0 Å². The van der Waals surface area contributed by atoms with Gasteiger partial charge in [0, 0.05) is 28.9 Å². The molecule has 1 rings (SSSR count). The van der Waals surface area contributed by atoms with Crippen LogP contribution in [0.1, 0.15) is 32.6 Å². The Bertz CT molecular complexity index is 223. The van der Waals surface area contributed by atoms with E-state index in [0.29, 0.717) is 30.1 Å². The van der Waals surface area contributed by atoms with Crippen LogP contribution in [0.4, 0.5) is 0 Å². The van der Waals surface area contributed by atoms with E-state index in [1.165, 1.54) is 12.8 Å². The van der Waals surface area contributed by atoms with Crippen LogP contribution in [0, 0.1) is 11.8 Å². The minimum atomic E-state index is -0.764. The average molecular weight is 247 g/mol. The van der Waals surface area contributed by atoms with Gasteiger partial charge in [-0.1, -0.05) is 19.8 Å². The summed E-state index contributed by atoms with van der Waals surface area (Å²) < 4.78 is 17.2. The summed E-state index contributed by atoms with van der Waals surface area (Å²) in [5, 5.41) is 0.304. The van der Waals surface area contributed by atoms with Crippen molar-refractivity contribution in [2.45, 2.75) is 37.9 Å². The molecule has 4 atom stereocenters. The van der Waals surface area contributed by atoms with Gasteiger partial charge in [-0.25, -0.2) is 0 Å². The Hall–Kier alpha value is 0.0700. The third kappa shape index (κ3) is 3.82. The lowest BCUT2D eigenvalue weighted by Gasteiger charge is -2.34. The van der Waals surface area contributed by atoms with Crippen LogP contribution in [-0.4, -0.2) is 35.5 Å². The van der Waals surface area contributed by atoms with E-state index in [-0.39, 0.29) is 0 Å². The summed E-state index contributed by atoms with van der Waals surface area (Å²) in [6, 6.07) is 0. The zero-order valence-corrected chi connectivity index (χ0v) is 11.3. The van der Waals surface area contributed by atoms with Crippen LogP contribution < -0.4 is 5.73 Å². The predicted octanol–water partition coefficient (Wildman–Crippen LogP) is 1.54. The van der Waals surface area contributed by atoms with E-state index in [0.717, 1.165) is 18.8 Å². The Morgan fingerprint density at radius 1 is 1.44 bits per heavy atom. The predicted molar refractivity (Wildman–Crippen MR) is 68.8 cm³/mol. The highest BCUT2D eigenvalue weighted by atomic mass is 32.2. The van der Waals surface area contributed by atoms with Gasteiger partial charge in [-0.15, -0.1) is 0 Å². The summed E-state index contributed by atoms with van der Waals surface area (Å²) in [6.45, 7) is 3.50. The minimum absolute atomic E-state index is 0.304. The van der Waals surface area contributed by atoms with E-state index in [1.807, 2.05) is 0 Å². The van der Waals surface area contributed by atoms with E-state index in [9.17, 15) is 4.21 Å². The Morgan fingerprint density at radius 3 is 2.75 bits per heavy atom. The molecule has 1 aliphatic carbocycles. The monoisotopic (exact) mass is 247 g/mol. The van der Waals surface area contributed by atoms with E-state index in [1.54, 1.807) is 7.11 Å². The number of nitrogens with two attached hydrogens (primary N) is 1. The summed E-state index contributed by atoms with van der Waals surface area (Å²) in [4.78, 5) is 0. The second kappa shape index (κ2) is 7.41. The molecule has 2 N–H and O–H groups in total. The lowest BCUT2D eigenvalue weighted by atomic mass is 9.80. The van der Waals surface area contributed by atoms with E-state index in [2.05, 4.69) is 6.92 Å². The zero-order chi connectivity index (χ0) is 12.0. The van der Waals surface area contributed by atoms with Gasteiger partial charge in [-0.3, -0.25) is 4.21 Å². The van der Waals surface area contributed by atoms with Gasteiger partial charge in [0.15, 0.2) is 0 Å². The maximum atomic E-state index is 12.2. The topological polar surface area (TPSA) is 52.3 Å². The van der Waals surface area contributed by atoms with E-state index >= 15 is 0 Å². The highest BCUT2D eigenvalue weighted by Crippen LogP contribution is 2.33. The molecule has 96 valence electrons. The Kier molecular flexibility index (Phi) is 6.54. The van der Waals surface area contributed by atoms with Gasteiger partial charge >= 0.3 is 0 Å². The SMILES string of the molecule is CCC1CCC(CN)C(S(=O)CCOC)C1. The lowest BCUT2D eigenvalue weighted by Crippen LogP contribution is -2.38. The van der Waals surface area contributed by atoms with Crippen LogP contribution in [0.5, 0.6) is 0 Å². The number of ether oxygens (including phenoxy) is 1. The van der Waals surface area contributed by atoms with Crippen molar-refractivity contribution in [1.82, 2.24) is 0 Å². The highest BCUT2D eigenvalue weighted by Gasteiger charge is 2.32. The lowest BCUT2D eigenvalue weighted by molar-refractivity contribution is 0.217. The van der Waals surface area contributed by atoms with Gasteiger partial charge in [0.05, 0.1) is 6.61 Å². The van der Waals surface area contributed by atoms with Gasteiger partial charge in [-0.2, -0.15) is 0 Å². The molecule has 16 heavy (non-hydrogen) atoms. The molecule has 1 saturated carbocycles. The van der Waals surface area contributed by atoms with Crippen molar-refractivity contribution < 1.29 is 8.95 Å². The van der Waals surface area contributed by atoms with Crippen LogP contribution >= 0.6 is 0 Å². The Morgan fingerprint density at radius 2 is 2.19 bits per heavy atom. The van der Waals surface area contributed by atoms with Crippen LogP contribution in [-0.2, 0) is 15.5 Å². The molecular formula is C12H25NO2S. The standard InChI is InChI=1S/C12H25NO2S/c1-3-10-4-5-11(9-13)12(8-10)16(14)7-6-15-2/h10-12H,3-9,13H2,1-2H3. The molecule has 0 saturated heterocycles. The smallest absolute Gasteiger partial charge is 0.0577 e. The first kappa shape index (κ1) is 14.1. The average Bonchev–Trinajstić information content (AvgIpc) is 2.35. The van der Waals surface area contributed by atoms with Crippen molar-refractivity contribution in [3.05, 3.63) is 0 Å². The molecule has 0 radical (unpaired) electrons. The second-order valence-corrected chi connectivity index (χ2v) is 6.47. The minimum Gasteiger partial charge on any atom is -0.384 e. The first-order chi connectivity index (χ1) is 7.72. The number of rotatable bonds is 6. The van der Waals surface area contributed by atoms with Crippen molar-refractivity contribution in [1.29, 1.82) is 0 Å². The summed E-state index contributed by atoms with van der Waals surface area (Å²) in [5.74, 6) is 1.87. The van der Waals surface area contributed by atoms with Gasteiger partial charge in [0.2, 0.25) is 0 Å². The fourth-order valence-electron chi connectivity index (χ4n) is 2.55. The highest BCUT2D eigenvalue weighted by molar-refractivity contribution is 7.85. The first-order valence-electron chi connectivity index (χ1n) is 6.29. The number of methoxy groups -OCH3 is 1. The molecule has 0 aromatic heterocycles. The van der Waals surface area contributed by atoms with Crippen LogP contribution in [0.25, 0.3) is 0 Å². The normalized spacial score (nSPS) is 32.6. The molecule has 0 aliphatic heterocycles. The molecule has 0 spiro atoms. The molecule has 4 heteroatoms. The quantitative estimate of drug-likeness (QED) is 0.774. The fraction of sp³-hybridized carbons (Fsp3) is 1.00. The van der Waals surface area contributed by atoms with Crippen LogP contribution in [0.2, 0.25) is 0 Å². The van der Waals surface area contributed by atoms with Gasteiger partial charge in [-0.05, 0) is 31.2 Å². The summed E-state index contributed by atoms with van der Waals surface area (Å²) in [7, 11) is 0.896. The molecule has 0 heterocycles. The third-order valence-corrected chi connectivity index (χ3v) is 5.57. The molecule has 0 aromatic carbocycles. The molecule has 4 unspecified atom stereocenters. The maximum absolute atomic E-state index is 12.2. The van der Waals surface area contributed by atoms with Crippen molar-refractivity contribution in [2.24, 2.45) is 17.6 Å². The first-order valence-corrected chi connectivity index (χ1v) is 7.67. The van der Waals surface area contributed by atoms with Crippen LogP contribution in [0.15, 0.2) is 0 Å². The third-order valence-electron chi connectivity index (χ3n) is 3.74. The molecular weight excluding hydrogens is 222 g/mol. The maximum Gasteiger partial charge on any atom is 0.0577 e. The summed E-state index contributed by atoms with van der Waals surface area (Å²) in [5.41, 5.74) is 5.78. The van der Waals surface area contributed by atoms with Gasteiger partial charge < -0.3 is 10.5 Å². The number of hydrogen-bond donors (Lipinski definition) is 1. The summed E-state index contributed by atoms with van der Waals surface area (Å²) >= 11 is 0. The van der Waals surface area contributed by atoms with E-state index in [4.69, 9.17) is 10.5 Å². The number of hydrogen-bond acceptors (Lipinski definition) is 3. The summed E-state index contributed by atoms with van der Waals surface area (Å²) in [6.07, 6.45) is 4.71. The molecule has 0 bridgehead atoms. The Labute approximate surface area is 102 Å². The molecule has 1 aliphatic rings. The van der Waals surface area contributed by atoms with Crippen molar-refractivity contribution in [3.63, 3.8) is 0 Å². The molecule has 0 amide bonds. The molecule has 3 nitrogen and oxygen atoms in total. The fourth-order valence-corrected chi connectivity index (χ4v) is 4.35. The van der Waals surface area contributed by atoms with Gasteiger partial charge in [0.1, 0.15) is 0 Å². The Balaban J connectivity index is 2.53. The van der Waals surface area contributed by atoms with Crippen LogP contribution in [0.3, 0.4) is 0 Å². The second-order valence-electron chi connectivity index (χ2n) is 4.70. The van der Waals surface area contributed by atoms with Crippen molar-refractivity contribution >= 4 is 10.8 Å². The molecule has 0 aromatic rings. The van der Waals surface area contributed by atoms with Crippen molar-refractivity contribution in [3.8, 4) is 0 Å². The van der Waals surface area contributed by atoms with E-state index < -0.39 is 10.8 Å². The van der Waals surface area contributed by atoms with Gasteiger partial charge in [0.25, 0.3) is 0 Å².